The van der Waals surface area contributed by atoms with E-state index in [1.165, 1.54) is 22.2 Å². The summed E-state index contributed by atoms with van der Waals surface area (Å²) in [6.07, 6.45) is 0. The van der Waals surface area contributed by atoms with Gasteiger partial charge in [-0.05, 0) is 40.6 Å². The van der Waals surface area contributed by atoms with E-state index in [4.69, 9.17) is 17.3 Å². The van der Waals surface area contributed by atoms with Crippen LogP contribution in [-0.2, 0) is 0 Å². The van der Waals surface area contributed by atoms with Crippen molar-refractivity contribution in [3.8, 4) is 0 Å². The van der Waals surface area contributed by atoms with Gasteiger partial charge in [0, 0.05) is 22.0 Å². The Balaban J connectivity index is 1.95. The van der Waals surface area contributed by atoms with Crippen LogP contribution < -0.4 is 11.1 Å². The smallest absolute Gasteiger partial charge is 0.126 e. The van der Waals surface area contributed by atoms with Crippen LogP contribution in [-0.4, -0.2) is 6.54 Å². The Morgan fingerprint density at radius 2 is 2.05 bits per heavy atom. The van der Waals surface area contributed by atoms with Crippen LogP contribution in [0.5, 0.6) is 0 Å². The summed E-state index contributed by atoms with van der Waals surface area (Å²) in [5.41, 5.74) is 7.65. The second-order valence-corrected chi connectivity index (χ2v) is 6.13. The van der Waals surface area contributed by atoms with E-state index in [9.17, 15) is 4.39 Å². The topological polar surface area (TPSA) is 38.0 Å². The van der Waals surface area contributed by atoms with Gasteiger partial charge in [0.15, 0.2) is 0 Å². The van der Waals surface area contributed by atoms with Gasteiger partial charge in [-0.2, -0.15) is 0 Å². The number of thiophene rings is 1. The van der Waals surface area contributed by atoms with Gasteiger partial charge in [0.25, 0.3) is 0 Å². The summed E-state index contributed by atoms with van der Waals surface area (Å²) >= 11 is 7.57. The summed E-state index contributed by atoms with van der Waals surface area (Å²) in [6, 6.07) is 12.5. The van der Waals surface area contributed by atoms with Gasteiger partial charge in [-0.25, -0.2) is 4.39 Å². The maximum absolute atomic E-state index is 13.4. The molecule has 3 aromatic rings. The number of hydrogen-bond acceptors (Lipinski definition) is 3. The van der Waals surface area contributed by atoms with E-state index in [-0.39, 0.29) is 11.9 Å². The van der Waals surface area contributed by atoms with Gasteiger partial charge in [-0.3, -0.25) is 0 Å². The van der Waals surface area contributed by atoms with Crippen molar-refractivity contribution in [2.75, 3.05) is 11.9 Å². The molecule has 1 atom stereocenters. The van der Waals surface area contributed by atoms with Gasteiger partial charge in [0.05, 0.1) is 6.04 Å². The van der Waals surface area contributed by atoms with Crippen LogP contribution in [0, 0.1) is 5.82 Å². The minimum absolute atomic E-state index is 0.0842. The lowest BCUT2D eigenvalue weighted by atomic mass is 10.1. The molecule has 0 aliphatic rings. The van der Waals surface area contributed by atoms with Crippen molar-refractivity contribution in [2.45, 2.75) is 6.04 Å². The van der Waals surface area contributed by atoms with Gasteiger partial charge in [0.2, 0.25) is 0 Å². The lowest BCUT2D eigenvalue weighted by Gasteiger charge is -2.18. The fourth-order valence-electron chi connectivity index (χ4n) is 2.37. The first kappa shape index (κ1) is 14.3. The molecule has 0 aliphatic heterocycles. The van der Waals surface area contributed by atoms with Crippen molar-refractivity contribution < 1.29 is 4.39 Å². The van der Waals surface area contributed by atoms with Crippen LogP contribution in [0.2, 0.25) is 5.02 Å². The zero-order valence-electron chi connectivity index (χ0n) is 11.1. The number of nitrogens with one attached hydrogen (secondary N) is 1. The Labute approximate surface area is 131 Å². The van der Waals surface area contributed by atoms with Crippen LogP contribution in [0.15, 0.2) is 47.8 Å². The number of rotatable bonds is 4. The Kier molecular flexibility index (Phi) is 4.10. The fourth-order valence-corrected chi connectivity index (χ4v) is 3.61. The van der Waals surface area contributed by atoms with Crippen LogP contribution in [0.25, 0.3) is 10.1 Å². The van der Waals surface area contributed by atoms with Crippen molar-refractivity contribution in [3.63, 3.8) is 0 Å². The number of anilines is 1. The van der Waals surface area contributed by atoms with Gasteiger partial charge >= 0.3 is 0 Å². The van der Waals surface area contributed by atoms with E-state index in [1.807, 2.05) is 12.1 Å². The van der Waals surface area contributed by atoms with Crippen molar-refractivity contribution >= 4 is 38.7 Å². The number of fused-ring (bicyclic) bond motifs is 1. The lowest BCUT2D eigenvalue weighted by molar-refractivity contribution is 0.628. The fraction of sp³-hybridized carbons (Fsp3) is 0.125. The van der Waals surface area contributed by atoms with E-state index < -0.39 is 0 Å². The molecule has 0 saturated heterocycles. The molecule has 108 valence electrons. The van der Waals surface area contributed by atoms with Gasteiger partial charge in [-0.15, -0.1) is 11.3 Å². The first-order chi connectivity index (χ1) is 10.2. The molecule has 2 nitrogen and oxygen atoms in total. The minimum Gasteiger partial charge on any atom is -0.377 e. The van der Waals surface area contributed by atoms with E-state index >= 15 is 0 Å². The number of halogens is 2. The largest absolute Gasteiger partial charge is 0.377 e. The van der Waals surface area contributed by atoms with E-state index in [1.54, 1.807) is 17.4 Å². The van der Waals surface area contributed by atoms with Crippen molar-refractivity contribution in [1.29, 1.82) is 0 Å². The van der Waals surface area contributed by atoms with Crippen LogP contribution in [0.1, 0.15) is 11.6 Å². The summed E-state index contributed by atoms with van der Waals surface area (Å²) in [4.78, 5) is 0. The molecule has 0 radical (unpaired) electrons. The van der Waals surface area contributed by atoms with Crippen molar-refractivity contribution in [2.24, 2.45) is 5.73 Å². The first-order valence-corrected chi connectivity index (χ1v) is 7.82. The summed E-state index contributed by atoms with van der Waals surface area (Å²) < 4.78 is 14.6. The normalized spacial score (nSPS) is 12.5. The summed E-state index contributed by atoms with van der Waals surface area (Å²) in [6.45, 7) is 0.412. The highest BCUT2D eigenvalue weighted by molar-refractivity contribution is 7.17. The van der Waals surface area contributed by atoms with E-state index in [0.717, 1.165) is 5.56 Å². The zero-order valence-corrected chi connectivity index (χ0v) is 12.7. The summed E-state index contributed by atoms with van der Waals surface area (Å²) in [5, 5.41) is 6.89. The molecule has 1 unspecified atom stereocenters. The van der Waals surface area contributed by atoms with Gasteiger partial charge < -0.3 is 11.1 Å². The molecule has 0 fully saturated rings. The first-order valence-electron chi connectivity index (χ1n) is 6.56. The predicted molar refractivity (Wildman–Crippen MR) is 88.7 cm³/mol. The number of nitrogens with two attached hydrogens (primary N) is 1. The van der Waals surface area contributed by atoms with Crippen LogP contribution >= 0.6 is 22.9 Å². The molecular weight excluding hydrogens is 307 g/mol. The van der Waals surface area contributed by atoms with Crippen molar-refractivity contribution in [3.05, 3.63) is 64.2 Å². The Morgan fingerprint density at radius 3 is 2.81 bits per heavy atom. The Bertz CT molecular complexity index is 752. The second kappa shape index (κ2) is 6.02. The highest BCUT2D eigenvalue weighted by atomic mass is 35.5. The highest BCUT2D eigenvalue weighted by Gasteiger charge is 2.15. The quantitative estimate of drug-likeness (QED) is 0.724. The van der Waals surface area contributed by atoms with Crippen LogP contribution in [0.4, 0.5) is 10.1 Å². The molecule has 1 heterocycles. The molecule has 0 saturated carbocycles. The minimum atomic E-state index is -0.365. The van der Waals surface area contributed by atoms with Crippen molar-refractivity contribution in [1.82, 2.24) is 0 Å². The predicted octanol–water partition coefficient (Wildman–Crippen LogP) is 4.81. The monoisotopic (exact) mass is 320 g/mol. The Hall–Kier alpha value is -1.62. The molecule has 0 aliphatic carbocycles. The molecule has 0 amide bonds. The summed E-state index contributed by atoms with van der Waals surface area (Å²) in [5.74, 6) is -0.365. The van der Waals surface area contributed by atoms with Gasteiger partial charge in [0.1, 0.15) is 5.82 Å². The SMILES string of the molecule is NCC(Nc1cc(F)cc(Cl)c1)c1csc2ccccc12. The molecule has 3 rings (SSSR count). The average Bonchev–Trinajstić information content (AvgIpc) is 2.87. The maximum atomic E-state index is 13.4. The molecule has 1 aromatic heterocycles. The molecule has 21 heavy (non-hydrogen) atoms. The van der Waals surface area contributed by atoms with E-state index in [0.29, 0.717) is 17.3 Å². The lowest BCUT2D eigenvalue weighted by Crippen LogP contribution is -2.20. The van der Waals surface area contributed by atoms with Crippen LogP contribution in [0.3, 0.4) is 0 Å². The van der Waals surface area contributed by atoms with Gasteiger partial charge in [-0.1, -0.05) is 29.8 Å². The zero-order chi connectivity index (χ0) is 14.8. The number of benzene rings is 2. The third-order valence-electron chi connectivity index (χ3n) is 3.33. The molecule has 5 heteroatoms. The molecule has 0 bridgehead atoms. The summed E-state index contributed by atoms with van der Waals surface area (Å²) in [7, 11) is 0. The standard InChI is InChI=1S/C16H14ClFN2S/c17-10-5-11(18)7-12(6-10)20-15(8-19)14-9-21-16-4-2-1-3-13(14)16/h1-7,9,15,20H,8,19H2. The molecular formula is C16H14ClFN2S. The second-order valence-electron chi connectivity index (χ2n) is 4.78. The Morgan fingerprint density at radius 1 is 1.24 bits per heavy atom. The molecule has 0 spiro atoms. The number of hydrogen-bond donors (Lipinski definition) is 2. The average molecular weight is 321 g/mol. The molecule has 2 aromatic carbocycles. The van der Waals surface area contributed by atoms with E-state index in [2.05, 4.69) is 22.8 Å². The maximum Gasteiger partial charge on any atom is 0.126 e. The third-order valence-corrected chi connectivity index (χ3v) is 4.53. The highest BCUT2D eigenvalue weighted by Crippen LogP contribution is 2.32. The third kappa shape index (κ3) is 3.02. The molecule has 3 N–H and O–H groups in total.